The fourth-order valence-corrected chi connectivity index (χ4v) is 2.00. The number of hydrogen-bond donors (Lipinski definition) is 2. The number of aromatic nitrogens is 1. The van der Waals surface area contributed by atoms with E-state index >= 15 is 0 Å². The third kappa shape index (κ3) is 2.41. The highest BCUT2D eigenvalue weighted by Gasteiger charge is 2.11. The van der Waals surface area contributed by atoms with Crippen LogP contribution < -0.4 is 5.32 Å². The zero-order chi connectivity index (χ0) is 13.0. The first-order chi connectivity index (χ1) is 8.74. The van der Waals surface area contributed by atoms with Crippen LogP contribution >= 0.6 is 0 Å². The molecule has 0 aliphatic carbocycles. The summed E-state index contributed by atoms with van der Waals surface area (Å²) >= 11 is 0. The van der Waals surface area contributed by atoms with E-state index in [4.69, 9.17) is 5.26 Å². The predicted octanol–water partition coefficient (Wildman–Crippen LogP) is 2.50. The van der Waals surface area contributed by atoms with Gasteiger partial charge in [-0.15, -0.1) is 0 Å². The maximum absolute atomic E-state index is 9.72. The average molecular weight is 241 g/mol. The molecule has 1 aromatic heterocycles. The number of aromatic hydroxyl groups is 1. The molecule has 4 heteroatoms. The van der Waals surface area contributed by atoms with Crippen molar-refractivity contribution < 1.29 is 5.11 Å². The summed E-state index contributed by atoms with van der Waals surface area (Å²) in [6.07, 6.45) is 2.16. The summed E-state index contributed by atoms with van der Waals surface area (Å²) in [6, 6.07) is 9.83. The van der Waals surface area contributed by atoms with Crippen molar-refractivity contribution in [1.29, 1.82) is 5.26 Å². The van der Waals surface area contributed by atoms with Crippen molar-refractivity contribution in [3.8, 4) is 11.9 Å². The minimum atomic E-state index is 0.0542. The first-order valence-corrected chi connectivity index (χ1v) is 5.91. The van der Waals surface area contributed by atoms with Crippen molar-refractivity contribution in [2.45, 2.75) is 19.4 Å². The molecule has 2 N–H and O–H groups in total. The van der Waals surface area contributed by atoms with E-state index in [-0.39, 0.29) is 11.9 Å². The molecule has 2 aromatic rings. The van der Waals surface area contributed by atoms with Gasteiger partial charge in [-0.3, -0.25) is 0 Å². The lowest BCUT2D eigenvalue weighted by molar-refractivity contribution is 0.459. The highest BCUT2D eigenvalue weighted by Crippen LogP contribution is 2.28. The Kier molecular flexibility index (Phi) is 3.75. The van der Waals surface area contributed by atoms with Crippen LogP contribution in [0.4, 0.5) is 0 Å². The lowest BCUT2D eigenvalue weighted by Crippen LogP contribution is -2.19. The Balaban J connectivity index is 2.34. The minimum Gasteiger partial charge on any atom is -0.493 e. The molecule has 0 radical (unpaired) electrons. The van der Waals surface area contributed by atoms with Gasteiger partial charge in [0.15, 0.2) is 0 Å². The van der Waals surface area contributed by atoms with Gasteiger partial charge < -0.3 is 10.4 Å². The molecule has 0 saturated heterocycles. The summed E-state index contributed by atoms with van der Waals surface area (Å²) in [5.74, 6) is 0.0542. The molecule has 18 heavy (non-hydrogen) atoms. The zero-order valence-electron chi connectivity index (χ0n) is 10.2. The number of fused-ring (bicyclic) bond motifs is 1. The molecule has 4 nitrogen and oxygen atoms in total. The van der Waals surface area contributed by atoms with E-state index in [0.717, 1.165) is 16.3 Å². The van der Waals surface area contributed by atoms with Crippen LogP contribution in [0.1, 0.15) is 24.9 Å². The molecule has 1 unspecified atom stereocenters. The summed E-state index contributed by atoms with van der Waals surface area (Å²) in [5.41, 5.74) is 1.03. The Morgan fingerprint density at radius 2 is 2.11 bits per heavy atom. The van der Waals surface area contributed by atoms with Crippen molar-refractivity contribution >= 4 is 10.8 Å². The van der Waals surface area contributed by atoms with Crippen molar-refractivity contribution in [1.82, 2.24) is 10.3 Å². The Labute approximate surface area is 106 Å². The number of nitrogens with zero attached hydrogens (tertiary/aromatic N) is 2. The molecule has 1 heterocycles. The van der Waals surface area contributed by atoms with Crippen LogP contribution in [0, 0.1) is 11.3 Å². The maximum Gasteiger partial charge on any atom is 0.218 e. The molecule has 0 saturated carbocycles. The summed E-state index contributed by atoms with van der Waals surface area (Å²) in [4.78, 5) is 4.01. The molecule has 0 aliphatic rings. The van der Waals surface area contributed by atoms with Crippen molar-refractivity contribution in [2.24, 2.45) is 0 Å². The molecule has 92 valence electrons. The number of rotatable bonds is 4. The van der Waals surface area contributed by atoms with Crippen LogP contribution in [0.3, 0.4) is 0 Å². The van der Waals surface area contributed by atoms with Crippen molar-refractivity contribution in [3.05, 3.63) is 36.0 Å². The van der Waals surface area contributed by atoms with Crippen LogP contribution in [0.25, 0.3) is 10.8 Å². The van der Waals surface area contributed by atoms with Gasteiger partial charge in [-0.2, -0.15) is 5.26 Å². The average Bonchev–Trinajstić information content (AvgIpc) is 2.39. The zero-order valence-corrected chi connectivity index (χ0v) is 10.2. The van der Waals surface area contributed by atoms with Gasteiger partial charge >= 0.3 is 0 Å². The number of benzene rings is 1. The normalized spacial score (nSPS) is 12.2. The van der Waals surface area contributed by atoms with Gasteiger partial charge in [0.05, 0.1) is 6.07 Å². The quantitative estimate of drug-likeness (QED) is 0.807. The minimum absolute atomic E-state index is 0.0542. The molecule has 0 aliphatic heterocycles. The highest BCUT2D eigenvalue weighted by molar-refractivity contribution is 5.89. The van der Waals surface area contributed by atoms with E-state index in [1.54, 1.807) is 6.20 Å². The molecule has 0 fully saturated rings. The van der Waals surface area contributed by atoms with Gasteiger partial charge in [0.1, 0.15) is 0 Å². The van der Waals surface area contributed by atoms with Crippen molar-refractivity contribution in [2.75, 3.05) is 6.54 Å². The highest BCUT2D eigenvalue weighted by atomic mass is 16.3. The van der Waals surface area contributed by atoms with Gasteiger partial charge in [0.25, 0.3) is 0 Å². The van der Waals surface area contributed by atoms with Crippen LogP contribution in [0.15, 0.2) is 30.5 Å². The van der Waals surface area contributed by atoms with Gasteiger partial charge in [-0.05, 0) is 23.9 Å². The molecule has 2 rings (SSSR count). The van der Waals surface area contributed by atoms with E-state index < -0.39 is 0 Å². The fraction of sp³-hybridized carbons (Fsp3) is 0.286. The first-order valence-electron chi connectivity index (χ1n) is 5.91. The van der Waals surface area contributed by atoms with Gasteiger partial charge in [-0.1, -0.05) is 18.2 Å². The second-order valence-corrected chi connectivity index (χ2v) is 4.17. The Morgan fingerprint density at radius 3 is 2.83 bits per heavy atom. The lowest BCUT2D eigenvalue weighted by atomic mass is 10.0. The molecule has 1 aromatic carbocycles. The molecule has 0 bridgehead atoms. The van der Waals surface area contributed by atoms with E-state index in [1.165, 1.54) is 0 Å². The largest absolute Gasteiger partial charge is 0.493 e. The fourth-order valence-electron chi connectivity index (χ4n) is 2.00. The van der Waals surface area contributed by atoms with Gasteiger partial charge in [-0.25, -0.2) is 4.98 Å². The summed E-state index contributed by atoms with van der Waals surface area (Å²) < 4.78 is 0. The second-order valence-electron chi connectivity index (χ2n) is 4.17. The van der Waals surface area contributed by atoms with E-state index in [0.29, 0.717) is 13.0 Å². The monoisotopic (exact) mass is 241 g/mol. The molecule has 0 amide bonds. The Morgan fingerprint density at radius 1 is 1.39 bits per heavy atom. The van der Waals surface area contributed by atoms with E-state index in [1.807, 2.05) is 31.2 Å². The molecule has 1 atom stereocenters. The Bertz CT molecular complexity index is 589. The van der Waals surface area contributed by atoms with E-state index in [2.05, 4.69) is 16.4 Å². The third-order valence-electron chi connectivity index (χ3n) is 2.96. The number of pyridine rings is 1. The maximum atomic E-state index is 9.72. The summed E-state index contributed by atoms with van der Waals surface area (Å²) in [6.45, 7) is 2.67. The van der Waals surface area contributed by atoms with Crippen LogP contribution in [-0.2, 0) is 0 Å². The number of hydrogen-bond acceptors (Lipinski definition) is 4. The van der Waals surface area contributed by atoms with Crippen LogP contribution in [0.5, 0.6) is 5.88 Å². The summed E-state index contributed by atoms with van der Waals surface area (Å²) in [5, 5.41) is 23.2. The Hall–Kier alpha value is -2.12. The van der Waals surface area contributed by atoms with Gasteiger partial charge in [0.2, 0.25) is 5.88 Å². The smallest absolute Gasteiger partial charge is 0.218 e. The molecular weight excluding hydrogens is 226 g/mol. The first kappa shape index (κ1) is 12.3. The number of nitrogens with one attached hydrogen (secondary N) is 1. The topological polar surface area (TPSA) is 68.9 Å². The molecule has 0 spiro atoms. The standard InChI is InChI=1S/C14H15N3O/c1-10(16-8-4-7-15)13-9-17-14(18)12-6-3-2-5-11(12)13/h2-3,5-6,9-10,16H,4,8H2,1H3,(H,17,18). The van der Waals surface area contributed by atoms with Crippen LogP contribution in [-0.4, -0.2) is 16.6 Å². The third-order valence-corrected chi connectivity index (χ3v) is 2.96. The number of nitriles is 1. The molecular formula is C14H15N3O. The SMILES string of the molecule is CC(NCCC#N)c1cnc(O)c2ccccc12. The second kappa shape index (κ2) is 5.48. The summed E-state index contributed by atoms with van der Waals surface area (Å²) in [7, 11) is 0. The van der Waals surface area contributed by atoms with Crippen LogP contribution in [0.2, 0.25) is 0 Å². The van der Waals surface area contributed by atoms with Gasteiger partial charge in [0, 0.05) is 30.6 Å². The van der Waals surface area contributed by atoms with Crippen molar-refractivity contribution in [3.63, 3.8) is 0 Å². The predicted molar refractivity (Wildman–Crippen MR) is 70.1 cm³/mol. The van der Waals surface area contributed by atoms with E-state index in [9.17, 15) is 5.11 Å². The lowest BCUT2D eigenvalue weighted by Gasteiger charge is -2.15.